The molecule has 18 nitrogen and oxygen atoms in total. The minimum absolute atomic E-state index is 0.211. The molecule has 0 spiro atoms. The van der Waals surface area contributed by atoms with Crippen LogP contribution in [0, 0.1) is 0 Å². The van der Waals surface area contributed by atoms with Crippen molar-refractivity contribution in [3.05, 3.63) is 0 Å². The Hall–Kier alpha value is -3.42. The predicted octanol–water partition coefficient (Wildman–Crippen LogP) is -4.52. The van der Waals surface area contributed by atoms with Gasteiger partial charge in [0.1, 0.15) is 18.7 Å². The molecule has 0 heterocycles. The highest BCUT2D eigenvalue weighted by Crippen LogP contribution is 2.14. The molecular formula is C24H50N2O16. The number of aliphatic carboxylic acids is 6. The number of carboxylic acids is 6. The van der Waals surface area contributed by atoms with E-state index in [1.165, 1.54) is 0 Å². The van der Waals surface area contributed by atoms with Crippen LogP contribution in [0.4, 0.5) is 0 Å². The van der Waals surface area contributed by atoms with Crippen LogP contribution in [0.2, 0.25) is 0 Å². The average Bonchev–Trinajstić information content (AvgIpc) is 2.70. The summed E-state index contributed by atoms with van der Waals surface area (Å²) < 4.78 is 1.69. The Kier molecular flexibility index (Phi) is 33.9. The summed E-state index contributed by atoms with van der Waals surface area (Å²) in [4.78, 5) is 57.9. The molecule has 0 radical (unpaired) electrons. The van der Waals surface area contributed by atoms with Crippen molar-refractivity contribution in [2.24, 2.45) is 0 Å². The second-order valence-electron chi connectivity index (χ2n) is 10.2. The third-order valence-corrected chi connectivity index (χ3v) is 3.47. The van der Waals surface area contributed by atoms with E-state index in [2.05, 4.69) is 42.3 Å². The van der Waals surface area contributed by atoms with Gasteiger partial charge in [0.25, 0.3) is 11.9 Å². The Morgan fingerprint density at radius 2 is 0.929 bits per heavy atom. The van der Waals surface area contributed by atoms with Crippen molar-refractivity contribution in [1.82, 2.24) is 0 Å². The minimum atomic E-state index is -2.85. The molecule has 1 unspecified atom stereocenters. The Balaban J connectivity index is -0.0000000977. The van der Waals surface area contributed by atoms with E-state index in [0.29, 0.717) is 0 Å². The summed E-state index contributed by atoms with van der Waals surface area (Å²) in [6.07, 6.45) is -3.49. The zero-order chi connectivity index (χ0) is 35.5. The Labute approximate surface area is 245 Å². The maximum absolute atomic E-state index is 10.2. The van der Waals surface area contributed by atoms with Crippen molar-refractivity contribution in [2.75, 3.05) is 68.6 Å². The molecule has 252 valence electrons. The number of likely N-dealkylation sites (N-methyl/N-ethyl adjacent to an activating group) is 2. The van der Waals surface area contributed by atoms with E-state index in [1.807, 2.05) is 0 Å². The van der Waals surface area contributed by atoms with Crippen LogP contribution in [0.25, 0.3) is 0 Å². The zero-order valence-electron chi connectivity index (χ0n) is 25.8. The number of nitrogens with zero attached hydrogens (tertiary/aromatic N) is 2. The fourth-order valence-corrected chi connectivity index (χ4v) is 1.47. The van der Waals surface area contributed by atoms with Crippen molar-refractivity contribution in [1.29, 1.82) is 0 Å². The number of carboxylic acid groups (broad SMARTS) is 6. The highest BCUT2D eigenvalue weighted by atomic mass is 16.4. The fourth-order valence-electron chi connectivity index (χ4n) is 1.47. The van der Waals surface area contributed by atoms with Crippen LogP contribution in [-0.2, 0) is 28.8 Å². The molecule has 0 bridgehead atoms. The number of carbonyl (C=O) groups excluding carboxylic acids is 2. The van der Waals surface area contributed by atoms with Crippen LogP contribution < -0.4 is 10.2 Å². The molecule has 0 aliphatic rings. The van der Waals surface area contributed by atoms with Gasteiger partial charge in [0.15, 0.2) is 0 Å². The number of aliphatic hydroxyl groups is 4. The van der Waals surface area contributed by atoms with Gasteiger partial charge < -0.3 is 69.6 Å². The van der Waals surface area contributed by atoms with Crippen LogP contribution in [0.5, 0.6) is 0 Å². The first kappa shape index (κ1) is 51.3. The quantitative estimate of drug-likeness (QED) is 0.101. The van der Waals surface area contributed by atoms with E-state index in [-0.39, 0.29) is 19.6 Å². The summed E-state index contributed by atoms with van der Waals surface area (Å²) in [5.74, 6) is -8.42. The summed E-state index contributed by atoms with van der Waals surface area (Å²) in [6.45, 7) is 5.97. The molecule has 0 aliphatic heterocycles. The average molecular weight is 623 g/mol. The number of rotatable bonds is 11. The molecule has 42 heavy (non-hydrogen) atoms. The summed E-state index contributed by atoms with van der Waals surface area (Å²) in [5, 5.41) is 85.0. The molecule has 0 aromatic rings. The van der Waals surface area contributed by atoms with Gasteiger partial charge in [-0.25, -0.2) is 0 Å². The SMILES string of the molecule is CC(=O)O.CC(=O)O.CCC(O)C(=O)[O-].C[N+](C)(C)CCO.C[N+](C)(C)CCO.O=C(O)CC(O)(CC(=O)O)C(=O)[O-]. The molecule has 18 heteroatoms. The molecular weight excluding hydrogens is 572 g/mol. The van der Waals surface area contributed by atoms with Gasteiger partial charge in [-0.2, -0.15) is 0 Å². The molecule has 0 saturated heterocycles. The largest absolute Gasteiger partial charge is 0.547 e. The standard InChI is InChI=1S/C6H8O7.2C5H14NO.C4H8O3.2C2H4O2/c7-3(8)1-6(13,5(11)12)2-4(9)10;2*1-6(2,3)4-5-7;1-2-3(5)4(6)7;2*1-2(3)4/h13H,1-2H2,(H,7,8)(H,9,10)(H,11,12);2*7H,4-5H2,1-3H3;3,5H,2H2,1H3,(H,6,7);2*1H3,(H,3,4)/q;2*+1;;;/p-2. The van der Waals surface area contributed by atoms with Gasteiger partial charge in [-0.3, -0.25) is 19.2 Å². The maximum atomic E-state index is 10.2. The van der Waals surface area contributed by atoms with Gasteiger partial charge in [-0.15, -0.1) is 0 Å². The highest BCUT2D eigenvalue weighted by Gasteiger charge is 2.34. The molecule has 0 rings (SSSR count). The first-order chi connectivity index (χ1) is 18.5. The number of aliphatic hydroxyl groups excluding tert-OH is 3. The number of hydrogen-bond acceptors (Lipinski definition) is 12. The van der Waals surface area contributed by atoms with E-state index in [1.54, 1.807) is 6.92 Å². The Bertz CT molecular complexity index is 721. The summed E-state index contributed by atoms with van der Waals surface area (Å²) >= 11 is 0. The number of carbonyl (C=O) groups is 6. The Morgan fingerprint density at radius 1 is 0.690 bits per heavy atom. The lowest BCUT2D eigenvalue weighted by Crippen LogP contribution is -2.51. The fraction of sp³-hybridized carbons (Fsp3) is 0.750. The van der Waals surface area contributed by atoms with Crippen molar-refractivity contribution in [3.63, 3.8) is 0 Å². The third kappa shape index (κ3) is 65.5. The summed E-state index contributed by atoms with van der Waals surface area (Å²) in [5.41, 5.74) is -2.85. The lowest BCUT2D eigenvalue weighted by atomic mass is 9.96. The van der Waals surface area contributed by atoms with Gasteiger partial charge in [0.2, 0.25) is 0 Å². The van der Waals surface area contributed by atoms with Crippen molar-refractivity contribution in [2.45, 2.75) is 51.7 Å². The zero-order valence-corrected chi connectivity index (χ0v) is 25.8. The van der Waals surface area contributed by atoms with E-state index in [4.69, 9.17) is 50.4 Å². The smallest absolute Gasteiger partial charge is 0.306 e. The van der Waals surface area contributed by atoms with Gasteiger partial charge >= 0.3 is 11.9 Å². The molecule has 1 atom stereocenters. The van der Waals surface area contributed by atoms with Crippen LogP contribution in [0.3, 0.4) is 0 Å². The van der Waals surface area contributed by atoms with Crippen molar-refractivity contribution in [3.8, 4) is 0 Å². The van der Waals surface area contributed by atoms with Crippen LogP contribution >= 0.6 is 0 Å². The molecule has 0 saturated carbocycles. The van der Waals surface area contributed by atoms with E-state index in [9.17, 15) is 29.4 Å². The molecule has 0 aromatic heterocycles. The van der Waals surface area contributed by atoms with E-state index in [0.717, 1.165) is 35.9 Å². The first-order valence-electron chi connectivity index (χ1n) is 12.0. The second-order valence-corrected chi connectivity index (χ2v) is 10.2. The second kappa shape index (κ2) is 27.7. The predicted molar refractivity (Wildman–Crippen MR) is 142 cm³/mol. The van der Waals surface area contributed by atoms with Gasteiger partial charge in [-0.1, -0.05) is 6.92 Å². The lowest BCUT2D eigenvalue weighted by Gasteiger charge is -2.25. The molecule has 0 amide bonds. The van der Waals surface area contributed by atoms with Gasteiger partial charge in [0.05, 0.1) is 86.4 Å². The normalized spacial score (nSPS) is 10.8. The molecule has 0 aliphatic carbocycles. The minimum Gasteiger partial charge on any atom is -0.547 e. The van der Waals surface area contributed by atoms with Gasteiger partial charge in [0, 0.05) is 13.8 Å². The maximum Gasteiger partial charge on any atom is 0.306 e. The van der Waals surface area contributed by atoms with E-state index < -0.39 is 60.4 Å². The number of quaternary nitrogens is 2. The van der Waals surface area contributed by atoms with Crippen LogP contribution in [-0.4, -0.2) is 166 Å². The molecule has 8 N–H and O–H groups in total. The van der Waals surface area contributed by atoms with Gasteiger partial charge in [-0.05, 0) is 6.42 Å². The highest BCUT2D eigenvalue weighted by molar-refractivity contribution is 5.86. The molecule has 0 fully saturated rings. The number of hydrogen-bond donors (Lipinski definition) is 8. The van der Waals surface area contributed by atoms with E-state index >= 15 is 0 Å². The van der Waals surface area contributed by atoms with Crippen LogP contribution in [0.1, 0.15) is 40.0 Å². The van der Waals surface area contributed by atoms with Crippen LogP contribution in [0.15, 0.2) is 0 Å². The lowest BCUT2D eigenvalue weighted by molar-refractivity contribution is -0.870. The van der Waals surface area contributed by atoms with Crippen molar-refractivity contribution < 1.29 is 88.8 Å². The van der Waals surface area contributed by atoms with Crippen molar-refractivity contribution >= 4 is 35.8 Å². The Morgan fingerprint density at radius 3 is 0.976 bits per heavy atom. The third-order valence-electron chi connectivity index (χ3n) is 3.47. The monoisotopic (exact) mass is 622 g/mol. The summed E-state index contributed by atoms with van der Waals surface area (Å²) in [6, 6.07) is 0. The molecule has 0 aromatic carbocycles. The summed E-state index contributed by atoms with van der Waals surface area (Å²) in [7, 11) is 12.3. The topological polar surface area (TPSA) is 310 Å². The first-order valence-corrected chi connectivity index (χ1v) is 12.0.